The lowest BCUT2D eigenvalue weighted by molar-refractivity contribution is -0.121. The van der Waals surface area contributed by atoms with Crippen molar-refractivity contribution in [2.24, 2.45) is 0 Å². The van der Waals surface area contributed by atoms with Crippen LogP contribution in [-0.4, -0.2) is 32.0 Å². The maximum absolute atomic E-state index is 12.3. The number of aromatic amines is 1. The summed E-state index contributed by atoms with van der Waals surface area (Å²) >= 11 is 5.89. The average Bonchev–Trinajstić information content (AvgIpc) is 2.89. The molecule has 0 aliphatic rings. The molecule has 0 spiro atoms. The van der Waals surface area contributed by atoms with Crippen molar-refractivity contribution in [2.75, 3.05) is 6.54 Å². The maximum Gasteiger partial charge on any atom is 0.273 e. The van der Waals surface area contributed by atoms with Gasteiger partial charge in [-0.05, 0) is 19.1 Å². The zero-order chi connectivity index (χ0) is 18.0. The fraction of sp³-hybridized carbons (Fsp3) is 0.250. The van der Waals surface area contributed by atoms with Gasteiger partial charge in [0.05, 0.1) is 28.0 Å². The molecule has 0 atom stereocenters. The van der Waals surface area contributed by atoms with Gasteiger partial charge in [0.25, 0.3) is 11.1 Å². The quantitative estimate of drug-likeness (QED) is 0.697. The molecule has 0 unspecified atom stereocenters. The molecule has 8 nitrogen and oxygen atoms in total. The van der Waals surface area contributed by atoms with E-state index < -0.39 is 0 Å². The Morgan fingerprint density at radius 3 is 2.68 bits per heavy atom. The van der Waals surface area contributed by atoms with Crippen LogP contribution < -0.4 is 16.4 Å². The molecule has 0 aliphatic heterocycles. The summed E-state index contributed by atoms with van der Waals surface area (Å²) in [6, 6.07) is 6.60. The van der Waals surface area contributed by atoms with Crippen molar-refractivity contribution in [3.63, 3.8) is 0 Å². The van der Waals surface area contributed by atoms with E-state index >= 15 is 0 Å². The fourth-order valence-corrected chi connectivity index (χ4v) is 2.64. The van der Waals surface area contributed by atoms with Crippen LogP contribution in [0.15, 0.2) is 40.1 Å². The number of rotatable bonds is 5. The highest BCUT2D eigenvalue weighted by atomic mass is 35.5. The average molecular weight is 362 g/mol. The summed E-state index contributed by atoms with van der Waals surface area (Å²) < 4.78 is 2.64. The number of halogens is 1. The predicted octanol–water partition coefficient (Wildman–Crippen LogP) is 0.665. The molecule has 0 bridgehead atoms. The Bertz CT molecular complexity index is 1030. The molecule has 1 amide bonds. The van der Waals surface area contributed by atoms with Crippen molar-refractivity contribution in [3.8, 4) is 0 Å². The Morgan fingerprint density at radius 2 is 2.00 bits per heavy atom. The van der Waals surface area contributed by atoms with E-state index in [9.17, 15) is 14.4 Å². The van der Waals surface area contributed by atoms with Crippen molar-refractivity contribution in [1.82, 2.24) is 24.9 Å². The molecule has 9 heteroatoms. The van der Waals surface area contributed by atoms with Crippen LogP contribution in [-0.2, 0) is 17.9 Å². The minimum absolute atomic E-state index is 0.0245. The second kappa shape index (κ2) is 6.94. The lowest BCUT2D eigenvalue weighted by Gasteiger charge is -2.08. The highest BCUT2D eigenvalue weighted by molar-refractivity contribution is 6.31. The summed E-state index contributed by atoms with van der Waals surface area (Å²) in [7, 11) is 0. The number of benzene rings is 1. The van der Waals surface area contributed by atoms with Gasteiger partial charge in [-0.25, -0.2) is 4.68 Å². The summed E-state index contributed by atoms with van der Waals surface area (Å²) in [5.41, 5.74) is -0.00289. The van der Waals surface area contributed by atoms with Crippen LogP contribution in [0.5, 0.6) is 0 Å². The highest BCUT2D eigenvalue weighted by Gasteiger charge is 2.08. The molecular weight excluding hydrogens is 346 g/mol. The lowest BCUT2D eigenvalue weighted by Crippen LogP contribution is -2.36. The second-order valence-corrected chi connectivity index (χ2v) is 5.96. The Morgan fingerprint density at radius 1 is 1.28 bits per heavy atom. The van der Waals surface area contributed by atoms with E-state index in [1.54, 1.807) is 37.4 Å². The maximum atomic E-state index is 12.3. The number of carbonyl (C=O) groups excluding carboxylic acids is 1. The summed E-state index contributed by atoms with van der Waals surface area (Å²) in [6.07, 6.45) is 1.57. The van der Waals surface area contributed by atoms with E-state index in [0.717, 1.165) is 0 Å². The second-order valence-electron chi connectivity index (χ2n) is 5.55. The van der Waals surface area contributed by atoms with Gasteiger partial charge < -0.3 is 5.32 Å². The topological polar surface area (TPSA) is 102 Å². The van der Waals surface area contributed by atoms with Gasteiger partial charge in [0, 0.05) is 12.7 Å². The van der Waals surface area contributed by atoms with Crippen molar-refractivity contribution >= 4 is 28.3 Å². The van der Waals surface area contributed by atoms with Crippen LogP contribution in [0.25, 0.3) is 10.8 Å². The third-order valence-corrected chi connectivity index (χ3v) is 4.10. The Hall–Kier alpha value is -2.87. The van der Waals surface area contributed by atoms with Gasteiger partial charge in [0.15, 0.2) is 0 Å². The molecule has 0 radical (unpaired) electrons. The number of carbonyl (C=O) groups is 1. The highest BCUT2D eigenvalue weighted by Crippen LogP contribution is 2.11. The summed E-state index contributed by atoms with van der Waals surface area (Å²) in [5.74, 6) is -0.268. The molecule has 2 aromatic heterocycles. The normalized spacial score (nSPS) is 11.0. The number of H-pyrrole nitrogens is 1. The molecule has 0 saturated heterocycles. The van der Waals surface area contributed by atoms with Crippen LogP contribution in [0.3, 0.4) is 0 Å². The molecular formula is C16H16ClN5O3. The number of hydrogen-bond donors (Lipinski definition) is 2. The van der Waals surface area contributed by atoms with Crippen LogP contribution in [0.2, 0.25) is 5.02 Å². The SMILES string of the molecule is Cc1nn(CC(=O)NCCn2[nH]c(=O)c3ccccc3c2=O)cc1Cl. The van der Waals surface area contributed by atoms with E-state index in [1.807, 2.05) is 0 Å². The molecule has 0 saturated carbocycles. The summed E-state index contributed by atoms with van der Waals surface area (Å²) in [5, 5.41) is 10.5. The Kier molecular flexibility index (Phi) is 4.71. The van der Waals surface area contributed by atoms with Gasteiger partial charge in [0.1, 0.15) is 6.54 Å². The molecule has 3 aromatic rings. The first-order valence-corrected chi connectivity index (χ1v) is 8.01. The van der Waals surface area contributed by atoms with Gasteiger partial charge >= 0.3 is 0 Å². The molecule has 2 heterocycles. The largest absolute Gasteiger partial charge is 0.353 e. The van der Waals surface area contributed by atoms with E-state index in [0.29, 0.717) is 21.5 Å². The van der Waals surface area contributed by atoms with Gasteiger partial charge in [-0.15, -0.1) is 0 Å². The van der Waals surface area contributed by atoms with E-state index in [1.165, 1.54) is 9.36 Å². The lowest BCUT2D eigenvalue weighted by atomic mass is 10.2. The van der Waals surface area contributed by atoms with E-state index in [2.05, 4.69) is 15.5 Å². The zero-order valence-corrected chi connectivity index (χ0v) is 14.2. The number of aryl methyl sites for hydroxylation is 1. The zero-order valence-electron chi connectivity index (χ0n) is 13.5. The van der Waals surface area contributed by atoms with Crippen LogP contribution in [0, 0.1) is 6.92 Å². The smallest absolute Gasteiger partial charge is 0.273 e. The molecule has 3 rings (SSSR count). The van der Waals surface area contributed by atoms with Gasteiger partial charge in [-0.2, -0.15) is 5.10 Å². The molecule has 1 aromatic carbocycles. The van der Waals surface area contributed by atoms with Gasteiger partial charge in [-0.3, -0.25) is 24.2 Å². The number of nitrogens with one attached hydrogen (secondary N) is 2. The first kappa shape index (κ1) is 17.0. The first-order chi connectivity index (χ1) is 12.0. The number of nitrogens with zero attached hydrogens (tertiary/aromatic N) is 3. The Balaban J connectivity index is 1.65. The minimum atomic E-state index is -0.344. The number of fused-ring (bicyclic) bond motifs is 1. The van der Waals surface area contributed by atoms with Crippen molar-refractivity contribution in [3.05, 3.63) is 61.9 Å². The standard InChI is InChI=1S/C16H16ClN5O3/c1-10-13(17)8-21(19-10)9-14(23)18-6-7-22-16(25)12-5-3-2-4-11(12)15(24)20-22/h2-5,8H,6-7,9H2,1H3,(H,18,23)(H,20,24). The van der Waals surface area contributed by atoms with Gasteiger partial charge in [-0.1, -0.05) is 23.7 Å². The molecule has 25 heavy (non-hydrogen) atoms. The fourth-order valence-electron chi connectivity index (χ4n) is 2.49. The van der Waals surface area contributed by atoms with Crippen LogP contribution in [0.1, 0.15) is 5.69 Å². The first-order valence-electron chi connectivity index (χ1n) is 7.64. The van der Waals surface area contributed by atoms with E-state index in [-0.39, 0.29) is 36.7 Å². The van der Waals surface area contributed by atoms with Gasteiger partial charge in [0.2, 0.25) is 5.91 Å². The van der Waals surface area contributed by atoms with Crippen LogP contribution >= 0.6 is 11.6 Å². The van der Waals surface area contributed by atoms with Crippen LogP contribution in [0.4, 0.5) is 0 Å². The van der Waals surface area contributed by atoms with E-state index in [4.69, 9.17) is 11.6 Å². The number of amides is 1. The third-order valence-electron chi connectivity index (χ3n) is 3.73. The molecule has 2 N–H and O–H groups in total. The monoisotopic (exact) mass is 361 g/mol. The summed E-state index contributed by atoms with van der Waals surface area (Å²) in [4.78, 5) is 36.2. The molecule has 0 aliphatic carbocycles. The summed E-state index contributed by atoms with van der Waals surface area (Å²) in [6.45, 7) is 2.13. The molecule has 130 valence electrons. The van der Waals surface area contributed by atoms with Crippen molar-refractivity contribution in [2.45, 2.75) is 20.0 Å². The van der Waals surface area contributed by atoms with Crippen molar-refractivity contribution in [1.29, 1.82) is 0 Å². The number of aromatic nitrogens is 4. The number of hydrogen-bond acceptors (Lipinski definition) is 4. The minimum Gasteiger partial charge on any atom is -0.353 e. The van der Waals surface area contributed by atoms with Crippen molar-refractivity contribution < 1.29 is 4.79 Å². The molecule has 0 fully saturated rings. The Labute approximate surface area is 147 Å². The predicted molar refractivity (Wildman–Crippen MR) is 93.8 cm³/mol. The third kappa shape index (κ3) is 3.63.